The fraction of sp³-hybridized carbons (Fsp3) is 0.909. The molecule has 0 N–H and O–H groups in total. The van der Waals surface area contributed by atoms with Gasteiger partial charge < -0.3 is 4.57 Å². The van der Waals surface area contributed by atoms with Crippen molar-refractivity contribution >= 4 is 0 Å². The number of nitrogens with zero attached hydrogens (tertiary/aromatic N) is 2. The summed E-state index contributed by atoms with van der Waals surface area (Å²) in [4.78, 5) is 4.77. The molecule has 0 amide bonds. The van der Waals surface area contributed by atoms with Gasteiger partial charge in [-0.05, 0) is 19.8 Å². The summed E-state index contributed by atoms with van der Waals surface area (Å²) in [6.07, 6.45) is 38.2. The highest BCUT2D eigenvalue weighted by Gasteiger charge is 2.15. The van der Waals surface area contributed by atoms with Crippen LogP contribution >= 0.6 is 0 Å². The predicted molar refractivity (Wildman–Crippen MR) is 158 cm³/mol. The van der Waals surface area contributed by atoms with Crippen LogP contribution in [0.2, 0.25) is 0 Å². The number of rotatable bonds is 26. The molecule has 206 valence electrons. The molecule has 0 saturated heterocycles. The Labute approximate surface area is 221 Å². The zero-order valence-corrected chi connectivity index (χ0v) is 24.7. The van der Waals surface area contributed by atoms with Gasteiger partial charge in [-0.15, -0.1) is 0 Å². The lowest BCUT2D eigenvalue weighted by atomic mass is 10.00. The third-order valence-corrected chi connectivity index (χ3v) is 8.08. The second kappa shape index (κ2) is 23.6. The Morgan fingerprint density at radius 1 is 0.543 bits per heavy atom. The highest BCUT2D eigenvalue weighted by Crippen LogP contribution is 2.26. The molecule has 1 aromatic rings. The Kier molecular flexibility index (Phi) is 21.7. The van der Waals surface area contributed by atoms with Crippen LogP contribution in [0.25, 0.3) is 0 Å². The number of aromatic nitrogens is 2. The van der Waals surface area contributed by atoms with E-state index in [1.54, 1.807) is 0 Å². The van der Waals surface area contributed by atoms with E-state index >= 15 is 0 Å². The molecule has 0 spiro atoms. The zero-order valence-electron chi connectivity index (χ0n) is 24.7. The average Bonchev–Trinajstić information content (AvgIpc) is 3.36. The SMILES string of the molecule is CCCCCCCCCCCCCCC(C)n1ccnc1C(C)CCCCCCCCCCCC. The van der Waals surface area contributed by atoms with Gasteiger partial charge in [-0.1, -0.05) is 162 Å². The standard InChI is InChI=1S/C33H64N2/c1-5-7-9-11-13-15-17-18-20-22-24-26-28-32(4)35-30-29-34-33(35)31(3)27-25-23-21-19-16-14-12-10-8-6-2/h29-32H,5-28H2,1-4H3. The number of hydrogen-bond donors (Lipinski definition) is 0. The molecule has 2 nitrogen and oxygen atoms in total. The van der Waals surface area contributed by atoms with E-state index < -0.39 is 0 Å². The maximum atomic E-state index is 4.77. The van der Waals surface area contributed by atoms with Crippen molar-refractivity contribution in [3.05, 3.63) is 18.2 Å². The highest BCUT2D eigenvalue weighted by molar-refractivity contribution is 5.00. The molecule has 0 fully saturated rings. The Hall–Kier alpha value is -0.790. The zero-order chi connectivity index (χ0) is 25.4. The van der Waals surface area contributed by atoms with E-state index in [0.29, 0.717) is 12.0 Å². The van der Waals surface area contributed by atoms with Crippen molar-refractivity contribution in [1.82, 2.24) is 9.55 Å². The number of hydrogen-bond acceptors (Lipinski definition) is 1. The van der Waals surface area contributed by atoms with Crippen LogP contribution in [-0.2, 0) is 0 Å². The van der Waals surface area contributed by atoms with Crippen molar-refractivity contribution in [2.75, 3.05) is 0 Å². The van der Waals surface area contributed by atoms with Gasteiger partial charge >= 0.3 is 0 Å². The summed E-state index contributed by atoms with van der Waals surface area (Å²) in [5.74, 6) is 1.91. The van der Waals surface area contributed by atoms with E-state index in [4.69, 9.17) is 4.98 Å². The number of unbranched alkanes of at least 4 members (excludes halogenated alkanes) is 20. The molecule has 0 aromatic carbocycles. The van der Waals surface area contributed by atoms with Crippen molar-refractivity contribution in [3.63, 3.8) is 0 Å². The van der Waals surface area contributed by atoms with Crippen LogP contribution in [0.3, 0.4) is 0 Å². The molecule has 2 unspecified atom stereocenters. The van der Waals surface area contributed by atoms with Gasteiger partial charge in [-0.3, -0.25) is 0 Å². The summed E-state index contributed by atoms with van der Waals surface area (Å²) in [7, 11) is 0. The first-order valence-corrected chi connectivity index (χ1v) is 16.2. The molecule has 0 radical (unpaired) electrons. The van der Waals surface area contributed by atoms with Gasteiger partial charge in [0.05, 0.1) is 0 Å². The molecule has 2 heteroatoms. The molecule has 2 atom stereocenters. The molecule has 0 bridgehead atoms. The smallest absolute Gasteiger partial charge is 0.111 e. The summed E-state index contributed by atoms with van der Waals surface area (Å²) < 4.78 is 2.49. The summed E-state index contributed by atoms with van der Waals surface area (Å²) in [5.41, 5.74) is 0. The van der Waals surface area contributed by atoms with Gasteiger partial charge in [0.25, 0.3) is 0 Å². The lowest BCUT2D eigenvalue weighted by Crippen LogP contribution is -2.11. The fourth-order valence-electron chi connectivity index (χ4n) is 5.57. The first-order valence-electron chi connectivity index (χ1n) is 16.2. The van der Waals surface area contributed by atoms with Crippen molar-refractivity contribution in [2.45, 2.75) is 194 Å². The molecule has 1 aromatic heterocycles. The van der Waals surface area contributed by atoms with E-state index in [0.717, 1.165) is 0 Å². The second-order valence-electron chi connectivity index (χ2n) is 11.6. The molecule has 0 aliphatic carbocycles. The minimum Gasteiger partial charge on any atom is -0.332 e. The highest BCUT2D eigenvalue weighted by atomic mass is 15.1. The molecule has 1 heterocycles. The van der Waals surface area contributed by atoms with Gasteiger partial charge in [-0.2, -0.15) is 0 Å². The Morgan fingerprint density at radius 2 is 0.914 bits per heavy atom. The van der Waals surface area contributed by atoms with E-state index in [1.165, 1.54) is 160 Å². The van der Waals surface area contributed by atoms with Gasteiger partial charge in [0.2, 0.25) is 0 Å². The molecule has 0 saturated carbocycles. The lowest BCUT2D eigenvalue weighted by Gasteiger charge is -2.20. The van der Waals surface area contributed by atoms with Crippen molar-refractivity contribution in [2.24, 2.45) is 0 Å². The van der Waals surface area contributed by atoms with Gasteiger partial charge in [0, 0.05) is 24.4 Å². The molecule has 0 aliphatic rings. The minimum absolute atomic E-state index is 0.587. The van der Waals surface area contributed by atoms with Crippen LogP contribution in [-0.4, -0.2) is 9.55 Å². The summed E-state index contributed by atoms with van der Waals surface area (Å²) >= 11 is 0. The van der Waals surface area contributed by atoms with Crippen molar-refractivity contribution < 1.29 is 0 Å². The fourth-order valence-corrected chi connectivity index (χ4v) is 5.57. The number of imidazole rings is 1. The van der Waals surface area contributed by atoms with Gasteiger partial charge in [0.15, 0.2) is 0 Å². The second-order valence-corrected chi connectivity index (χ2v) is 11.6. The largest absolute Gasteiger partial charge is 0.332 e. The van der Waals surface area contributed by atoms with Crippen LogP contribution in [0, 0.1) is 0 Å². The summed E-state index contributed by atoms with van der Waals surface area (Å²) in [5, 5.41) is 0. The van der Waals surface area contributed by atoms with Crippen LogP contribution in [0.15, 0.2) is 12.4 Å². The Bertz CT molecular complexity index is 549. The summed E-state index contributed by atoms with van der Waals surface area (Å²) in [6.45, 7) is 9.39. The quantitative estimate of drug-likeness (QED) is 0.118. The Balaban J connectivity index is 2.06. The Morgan fingerprint density at radius 3 is 1.34 bits per heavy atom. The first kappa shape index (κ1) is 32.2. The molecule has 1 rings (SSSR count). The molecular formula is C33H64N2. The summed E-state index contributed by atoms with van der Waals surface area (Å²) in [6, 6.07) is 0.589. The molecule has 35 heavy (non-hydrogen) atoms. The van der Waals surface area contributed by atoms with Gasteiger partial charge in [0.1, 0.15) is 5.82 Å². The molecule has 0 aliphatic heterocycles. The first-order chi connectivity index (χ1) is 17.2. The van der Waals surface area contributed by atoms with E-state index in [1.807, 2.05) is 6.20 Å². The maximum absolute atomic E-state index is 4.77. The van der Waals surface area contributed by atoms with E-state index in [2.05, 4.69) is 38.5 Å². The molecular weight excluding hydrogens is 424 g/mol. The van der Waals surface area contributed by atoms with E-state index in [-0.39, 0.29) is 0 Å². The van der Waals surface area contributed by atoms with Crippen LogP contribution < -0.4 is 0 Å². The topological polar surface area (TPSA) is 17.8 Å². The minimum atomic E-state index is 0.587. The lowest BCUT2D eigenvalue weighted by molar-refractivity contribution is 0.435. The monoisotopic (exact) mass is 489 g/mol. The third-order valence-electron chi connectivity index (χ3n) is 8.08. The van der Waals surface area contributed by atoms with Crippen LogP contribution in [0.1, 0.15) is 200 Å². The normalized spacial score (nSPS) is 13.4. The maximum Gasteiger partial charge on any atom is 0.111 e. The van der Waals surface area contributed by atoms with Crippen LogP contribution in [0.5, 0.6) is 0 Å². The van der Waals surface area contributed by atoms with Crippen LogP contribution in [0.4, 0.5) is 0 Å². The third kappa shape index (κ3) is 17.3. The van der Waals surface area contributed by atoms with Gasteiger partial charge in [-0.25, -0.2) is 4.98 Å². The van der Waals surface area contributed by atoms with E-state index in [9.17, 15) is 0 Å². The van der Waals surface area contributed by atoms with Crippen molar-refractivity contribution in [1.29, 1.82) is 0 Å². The van der Waals surface area contributed by atoms with Crippen molar-refractivity contribution in [3.8, 4) is 0 Å². The predicted octanol–water partition coefficient (Wildman–Crippen LogP) is 11.9. The average molecular weight is 489 g/mol.